The number of halogens is 1. The molecule has 2 N–H and O–H groups in total. The van der Waals surface area contributed by atoms with Gasteiger partial charge in [0.2, 0.25) is 5.95 Å². The maximum atomic E-state index is 12.8. The van der Waals surface area contributed by atoms with E-state index in [1.807, 2.05) is 6.07 Å². The van der Waals surface area contributed by atoms with Gasteiger partial charge in [0.1, 0.15) is 10.8 Å². The van der Waals surface area contributed by atoms with Crippen LogP contribution in [0.2, 0.25) is 5.02 Å². The number of hydrogen-bond acceptors (Lipinski definition) is 8. The van der Waals surface area contributed by atoms with Crippen LogP contribution in [-0.2, 0) is 16.3 Å². The van der Waals surface area contributed by atoms with Crippen LogP contribution in [0.25, 0.3) is 0 Å². The molecule has 4 rings (SSSR count). The number of aryl methyl sites for hydroxylation is 1. The van der Waals surface area contributed by atoms with Crippen molar-refractivity contribution in [3.8, 4) is 5.75 Å². The van der Waals surface area contributed by atoms with Gasteiger partial charge >= 0.3 is 0 Å². The zero-order valence-electron chi connectivity index (χ0n) is 19.8. The molecule has 0 atom stereocenters. The maximum absolute atomic E-state index is 12.8. The zero-order chi connectivity index (χ0) is 25.2. The average molecular weight is 515 g/mol. The molecule has 1 heterocycles. The largest absolute Gasteiger partial charge is 0.495 e. The highest BCUT2D eigenvalue weighted by atomic mass is 35.5. The molecule has 0 bridgehead atoms. The van der Waals surface area contributed by atoms with Crippen molar-refractivity contribution in [2.24, 2.45) is 0 Å². The van der Waals surface area contributed by atoms with Crippen molar-refractivity contribution in [3.05, 3.63) is 58.7 Å². The van der Waals surface area contributed by atoms with E-state index in [-0.39, 0.29) is 27.5 Å². The van der Waals surface area contributed by atoms with E-state index in [2.05, 4.69) is 20.6 Å². The number of ketones is 1. The van der Waals surface area contributed by atoms with Crippen LogP contribution < -0.4 is 15.4 Å². The SMILES string of the molecule is COc1cc2c(cc1Nc1ncc(Cl)c(Nc3ccccc3S(=O)(=O)C(C)C)n1)C(=O)CCCC2. The summed E-state index contributed by atoms with van der Waals surface area (Å²) in [5.41, 5.74) is 2.56. The summed E-state index contributed by atoms with van der Waals surface area (Å²) in [4.78, 5) is 21.5. The first-order chi connectivity index (χ1) is 16.7. The molecule has 0 saturated heterocycles. The van der Waals surface area contributed by atoms with Gasteiger partial charge in [-0.15, -0.1) is 0 Å². The molecule has 1 aliphatic carbocycles. The normalized spacial score (nSPS) is 13.8. The summed E-state index contributed by atoms with van der Waals surface area (Å²) < 4.78 is 31.2. The number of aromatic nitrogens is 2. The minimum absolute atomic E-state index is 0.102. The van der Waals surface area contributed by atoms with Crippen LogP contribution in [0.15, 0.2) is 47.5 Å². The number of carbonyl (C=O) groups excluding carboxylic acids is 1. The van der Waals surface area contributed by atoms with E-state index < -0.39 is 15.1 Å². The number of benzene rings is 2. The molecule has 8 nitrogen and oxygen atoms in total. The highest BCUT2D eigenvalue weighted by Gasteiger charge is 2.23. The molecule has 10 heteroatoms. The Morgan fingerprint density at radius 1 is 1.06 bits per heavy atom. The molecule has 35 heavy (non-hydrogen) atoms. The van der Waals surface area contributed by atoms with Crippen molar-refractivity contribution in [2.45, 2.75) is 49.7 Å². The number of Topliss-reactive ketones (excluding diaryl/α,β-unsaturated/α-hetero) is 1. The van der Waals surface area contributed by atoms with E-state index in [0.29, 0.717) is 29.1 Å². The van der Waals surface area contributed by atoms with E-state index in [0.717, 1.165) is 24.8 Å². The molecule has 184 valence electrons. The Balaban J connectivity index is 1.68. The van der Waals surface area contributed by atoms with E-state index >= 15 is 0 Å². The van der Waals surface area contributed by atoms with Crippen molar-refractivity contribution in [1.82, 2.24) is 9.97 Å². The topological polar surface area (TPSA) is 110 Å². The third-order valence-electron chi connectivity index (χ3n) is 5.88. The molecule has 1 aliphatic rings. The number of para-hydroxylation sites is 1. The van der Waals surface area contributed by atoms with Gasteiger partial charge in [-0.1, -0.05) is 23.7 Å². The number of sulfone groups is 1. The fourth-order valence-electron chi connectivity index (χ4n) is 3.93. The smallest absolute Gasteiger partial charge is 0.229 e. The summed E-state index contributed by atoms with van der Waals surface area (Å²) in [5, 5.41) is 5.78. The lowest BCUT2D eigenvalue weighted by molar-refractivity contribution is 0.0982. The van der Waals surface area contributed by atoms with E-state index in [1.165, 1.54) is 6.20 Å². The molecule has 0 aliphatic heterocycles. The van der Waals surface area contributed by atoms with Gasteiger partial charge in [-0.25, -0.2) is 13.4 Å². The molecular weight excluding hydrogens is 488 g/mol. The molecular formula is C25H27ClN4O4S. The fourth-order valence-corrected chi connectivity index (χ4v) is 5.27. The van der Waals surface area contributed by atoms with Gasteiger partial charge in [-0.3, -0.25) is 4.79 Å². The van der Waals surface area contributed by atoms with Crippen LogP contribution >= 0.6 is 11.6 Å². The Labute approximate surface area is 210 Å². The molecule has 0 saturated carbocycles. The van der Waals surface area contributed by atoms with Crippen molar-refractivity contribution in [2.75, 3.05) is 17.7 Å². The van der Waals surface area contributed by atoms with Gasteiger partial charge in [0.25, 0.3) is 0 Å². The summed E-state index contributed by atoms with van der Waals surface area (Å²) in [6.45, 7) is 3.26. The Morgan fingerprint density at radius 3 is 2.54 bits per heavy atom. The first kappa shape index (κ1) is 24.9. The predicted molar refractivity (Wildman–Crippen MR) is 137 cm³/mol. The number of methoxy groups -OCH3 is 1. The number of hydrogen-bond donors (Lipinski definition) is 2. The maximum Gasteiger partial charge on any atom is 0.229 e. The van der Waals surface area contributed by atoms with Gasteiger partial charge < -0.3 is 15.4 Å². The van der Waals surface area contributed by atoms with Crippen LogP contribution in [-0.4, -0.2) is 36.5 Å². The zero-order valence-corrected chi connectivity index (χ0v) is 21.3. The van der Waals surface area contributed by atoms with Crippen LogP contribution in [0.5, 0.6) is 5.75 Å². The van der Waals surface area contributed by atoms with E-state index in [4.69, 9.17) is 16.3 Å². The Morgan fingerprint density at radius 2 is 1.80 bits per heavy atom. The molecule has 0 spiro atoms. The van der Waals surface area contributed by atoms with Crippen LogP contribution in [0.4, 0.5) is 23.1 Å². The standard InChI is InChI=1S/C25H27ClN4O4S/c1-15(2)35(32,33)23-11-7-5-9-19(23)28-24-18(26)14-27-25(30-24)29-20-13-17-16(12-22(20)34-3)8-4-6-10-21(17)31/h5,7,9,11-15H,4,6,8,10H2,1-3H3,(H2,27,28,29,30). The van der Waals surface area contributed by atoms with Crippen molar-refractivity contribution in [3.63, 3.8) is 0 Å². The summed E-state index contributed by atoms with van der Waals surface area (Å²) in [6.07, 6.45) is 4.57. The molecule has 0 unspecified atom stereocenters. The second kappa shape index (κ2) is 10.2. The number of rotatable bonds is 7. The van der Waals surface area contributed by atoms with Crippen LogP contribution in [0.3, 0.4) is 0 Å². The average Bonchev–Trinajstić information content (AvgIpc) is 3.01. The lowest BCUT2D eigenvalue weighted by atomic mass is 10.0. The molecule has 2 aromatic carbocycles. The minimum Gasteiger partial charge on any atom is -0.495 e. The molecule has 0 fully saturated rings. The van der Waals surface area contributed by atoms with E-state index in [9.17, 15) is 13.2 Å². The van der Waals surface area contributed by atoms with Crippen LogP contribution in [0.1, 0.15) is 49.0 Å². The lowest BCUT2D eigenvalue weighted by Gasteiger charge is -2.16. The van der Waals surface area contributed by atoms with Gasteiger partial charge in [0.05, 0.1) is 34.8 Å². The first-order valence-electron chi connectivity index (χ1n) is 11.3. The highest BCUT2D eigenvalue weighted by Crippen LogP contribution is 2.35. The quantitative estimate of drug-likeness (QED) is 0.385. The van der Waals surface area contributed by atoms with Gasteiger partial charge in [0, 0.05) is 12.0 Å². The molecule has 1 aromatic heterocycles. The number of nitrogens with zero attached hydrogens (tertiary/aromatic N) is 2. The highest BCUT2D eigenvalue weighted by molar-refractivity contribution is 7.92. The van der Waals surface area contributed by atoms with Gasteiger partial charge in [-0.2, -0.15) is 4.98 Å². The minimum atomic E-state index is -3.54. The summed E-state index contributed by atoms with van der Waals surface area (Å²) in [6, 6.07) is 10.3. The first-order valence-corrected chi connectivity index (χ1v) is 13.3. The predicted octanol–water partition coefficient (Wildman–Crippen LogP) is 5.72. The fraction of sp³-hybridized carbons (Fsp3) is 0.320. The third kappa shape index (κ3) is 5.26. The monoisotopic (exact) mass is 514 g/mol. The number of ether oxygens (including phenoxy) is 1. The number of fused-ring (bicyclic) bond motifs is 1. The van der Waals surface area contributed by atoms with Crippen molar-refractivity contribution in [1.29, 1.82) is 0 Å². The molecule has 0 amide bonds. The number of nitrogens with one attached hydrogen (secondary N) is 2. The van der Waals surface area contributed by atoms with Crippen molar-refractivity contribution >= 4 is 50.4 Å². The summed E-state index contributed by atoms with van der Waals surface area (Å²) in [5.74, 6) is 1.12. The lowest BCUT2D eigenvalue weighted by Crippen LogP contribution is -2.15. The van der Waals surface area contributed by atoms with Gasteiger partial charge in [-0.05, 0) is 62.9 Å². The molecule has 0 radical (unpaired) electrons. The van der Waals surface area contributed by atoms with E-state index in [1.54, 1.807) is 51.3 Å². The Bertz CT molecular complexity index is 1380. The Kier molecular flexibility index (Phi) is 7.28. The van der Waals surface area contributed by atoms with Gasteiger partial charge in [0.15, 0.2) is 21.4 Å². The second-order valence-electron chi connectivity index (χ2n) is 8.57. The summed E-state index contributed by atoms with van der Waals surface area (Å²) in [7, 11) is -1.98. The second-order valence-corrected chi connectivity index (χ2v) is 11.4. The van der Waals surface area contributed by atoms with Crippen molar-refractivity contribution < 1.29 is 17.9 Å². The van der Waals surface area contributed by atoms with Crippen LogP contribution in [0, 0.1) is 0 Å². The molecule has 3 aromatic rings. The number of anilines is 4. The number of carbonyl (C=O) groups is 1. The Hall–Kier alpha value is -3.17. The third-order valence-corrected chi connectivity index (χ3v) is 8.37. The summed E-state index contributed by atoms with van der Waals surface area (Å²) >= 11 is 6.33.